The van der Waals surface area contributed by atoms with Crippen molar-refractivity contribution in [2.45, 2.75) is 0 Å². The molecule has 2 rings (SSSR count). The topological polar surface area (TPSA) is 40.1 Å². The highest BCUT2D eigenvalue weighted by Gasteiger charge is 2.06. The van der Waals surface area contributed by atoms with Crippen molar-refractivity contribution in [3.05, 3.63) is 48.2 Å². The Hall–Kier alpha value is -1.77. The Kier molecular flexibility index (Phi) is 1.55. The smallest absolute Gasteiger partial charge is 0.226 e. The van der Waals surface area contributed by atoms with Crippen LogP contribution in [-0.2, 0) is 0 Å². The summed E-state index contributed by atoms with van der Waals surface area (Å²) in [5.74, 6) is 0. The average Bonchev–Trinajstić information content (AvgIpc) is 2.57. The molecule has 0 saturated carbocycles. The summed E-state index contributed by atoms with van der Waals surface area (Å²) < 4.78 is 5.68. The van der Waals surface area contributed by atoms with Crippen LogP contribution in [-0.4, -0.2) is 0 Å². The van der Waals surface area contributed by atoms with Crippen molar-refractivity contribution < 1.29 is 9.15 Å². The normalized spacial score (nSPS) is 10.0. The second kappa shape index (κ2) is 2.70. The molecule has 60 valence electrons. The van der Waals surface area contributed by atoms with Gasteiger partial charge in [0.05, 0.1) is 11.8 Å². The summed E-state index contributed by atoms with van der Waals surface area (Å²) in [7, 11) is 0. The Bertz CT molecular complexity index is 368. The third kappa shape index (κ3) is 1.05. The van der Waals surface area contributed by atoms with Gasteiger partial charge in [-0.15, -0.1) is 0 Å². The number of aromatic nitrogens is 1. The second-order valence-corrected chi connectivity index (χ2v) is 2.42. The molecule has 2 aromatic heterocycles. The summed E-state index contributed by atoms with van der Waals surface area (Å²) in [6.45, 7) is 0. The summed E-state index contributed by atoms with van der Waals surface area (Å²) in [6, 6.07) is 7.01. The van der Waals surface area contributed by atoms with Crippen LogP contribution in [0.2, 0.25) is 0 Å². The molecule has 0 bridgehead atoms. The second-order valence-electron chi connectivity index (χ2n) is 2.42. The molecule has 0 amide bonds. The van der Waals surface area contributed by atoms with E-state index in [-0.39, 0.29) is 0 Å². The van der Waals surface area contributed by atoms with Gasteiger partial charge in [-0.1, -0.05) is 0 Å². The Morgan fingerprint density at radius 2 is 2.17 bits per heavy atom. The van der Waals surface area contributed by atoms with Crippen LogP contribution in [0.5, 0.6) is 0 Å². The SMILES string of the molecule is [O-][n+]1ccccc1-c1ccoc1. The molecule has 0 saturated heterocycles. The van der Waals surface area contributed by atoms with Gasteiger partial charge in [0.2, 0.25) is 5.69 Å². The Morgan fingerprint density at radius 1 is 1.25 bits per heavy atom. The first kappa shape index (κ1) is 6.91. The van der Waals surface area contributed by atoms with Crippen molar-refractivity contribution in [2.24, 2.45) is 0 Å². The zero-order valence-electron chi connectivity index (χ0n) is 6.31. The van der Waals surface area contributed by atoms with Crippen LogP contribution < -0.4 is 4.73 Å². The molecule has 0 unspecified atom stereocenters. The minimum absolute atomic E-state index is 0.603. The van der Waals surface area contributed by atoms with E-state index < -0.39 is 0 Å². The maximum atomic E-state index is 11.2. The third-order valence-corrected chi connectivity index (χ3v) is 1.64. The summed E-state index contributed by atoms with van der Waals surface area (Å²) in [6.07, 6.45) is 4.55. The fraction of sp³-hybridized carbons (Fsp3) is 0. The zero-order valence-corrected chi connectivity index (χ0v) is 6.31. The lowest BCUT2D eigenvalue weighted by atomic mass is 10.2. The fourth-order valence-corrected chi connectivity index (χ4v) is 1.06. The molecule has 12 heavy (non-hydrogen) atoms. The first-order chi connectivity index (χ1) is 5.88. The van der Waals surface area contributed by atoms with Crippen molar-refractivity contribution in [3.8, 4) is 11.3 Å². The minimum atomic E-state index is 0.603. The third-order valence-electron chi connectivity index (χ3n) is 1.64. The van der Waals surface area contributed by atoms with E-state index in [1.807, 2.05) is 6.07 Å². The largest absolute Gasteiger partial charge is 0.618 e. The maximum Gasteiger partial charge on any atom is 0.226 e. The van der Waals surface area contributed by atoms with Crippen LogP contribution in [0.25, 0.3) is 11.3 Å². The Morgan fingerprint density at radius 3 is 2.83 bits per heavy atom. The molecule has 0 atom stereocenters. The number of hydrogen-bond acceptors (Lipinski definition) is 2. The Labute approximate surface area is 69.5 Å². The first-order valence-electron chi connectivity index (χ1n) is 3.59. The lowest BCUT2D eigenvalue weighted by molar-refractivity contribution is -0.593. The number of nitrogens with zero attached hydrogens (tertiary/aromatic N) is 1. The van der Waals surface area contributed by atoms with Crippen molar-refractivity contribution in [2.75, 3.05) is 0 Å². The predicted octanol–water partition coefficient (Wildman–Crippen LogP) is 1.58. The van der Waals surface area contributed by atoms with Gasteiger partial charge in [0.15, 0.2) is 6.20 Å². The van der Waals surface area contributed by atoms with Crippen LogP contribution in [0.15, 0.2) is 47.4 Å². The van der Waals surface area contributed by atoms with E-state index in [0.717, 1.165) is 10.3 Å². The van der Waals surface area contributed by atoms with E-state index in [1.165, 1.54) is 6.20 Å². The van der Waals surface area contributed by atoms with E-state index in [0.29, 0.717) is 5.69 Å². The predicted molar refractivity (Wildman–Crippen MR) is 43.1 cm³/mol. The molecule has 0 aromatic carbocycles. The highest BCUT2D eigenvalue weighted by molar-refractivity contribution is 5.53. The fourth-order valence-electron chi connectivity index (χ4n) is 1.06. The quantitative estimate of drug-likeness (QED) is 0.470. The summed E-state index contributed by atoms with van der Waals surface area (Å²) >= 11 is 0. The van der Waals surface area contributed by atoms with Crippen LogP contribution in [0.1, 0.15) is 0 Å². The molecule has 3 heteroatoms. The van der Waals surface area contributed by atoms with Crippen molar-refractivity contribution >= 4 is 0 Å². The zero-order chi connectivity index (χ0) is 8.39. The van der Waals surface area contributed by atoms with Gasteiger partial charge < -0.3 is 9.62 Å². The highest BCUT2D eigenvalue weighted by atomic mass is 16.5. The lowest BCUT2D eigenvalue weighted by Crippen LogP contribution is -2.27. The number of rotatable bonds is 1. The molecular formula is C9H7NO2. The van der Waals surface area contributed by atoms with Gasteiger partial charge >= 0.3 is 0 Å². The van der Waals surface area contributed by atoms with E-state index in [2.05, 4.69) is 0 Å². The lowest BCUT2D eigenvalue weighted by Gasteiger charge is -1.99. The number of hydrogen-bond donors (Lipinski definition) is 0. The molecule has 0 radical (unpaired) electrons. The molecule has 0 aliphatic carbocycles. The van der Waals surface area contributed by atoms with Gasteiger partial charge in [0.1, 0.15) is 6.26 Å². The number of furan rings is 1. The van der Waals surface area contributed by atoms with Gasteiger partial charge in [-0.05, 0) is 12.1 Å². The van der Waals surface area contributed by atoms with E-state index in [9.17, 15) is 5.21 Å². The highest BCUT2D eigenvalue weighted by Crippen LogP contribution is 2.14. The van der Waals surface area contributed by atoms with E-state index in [4.69, 9.17) is 4.42 Å². The standard InChI is InChI=1S/C9H7NO2/c11-10-5-2-1-3-9(10)8-4-6-12-7-8/h1-7H. The average molecular weight is 161 g/mol. The van der Waals surface area contributed by atoms with E-state index >= 15 is 0 Å². The maximum absolute atomic E-state index is 11.2. The van der Waals surface area contributed by atoms with E-state index in [1.54, 1.807) is 30.7 Å². The first-order valence-corrected chi connectivity index (χ1v) is 3.59. The summed E-state index contributed by atoms with van der Waals surface area (Å²) in [5.41, 5.74) is 1.40. The van der Waals surface area contributed by atoms with Crippen LogP contribution >= 0.6 is 0 Å². The molecule has 0 spiro atoms. The molecular weight excluding hydrogens is 154 g/mol. The minimum Gasteiger partial charge on any atom is -0.618 e. The van der Waals surface area contributed by atoms with Crippen LogP contribution in [0.4, 0.5) is 0 Å². The molecule has 0 fully saturated rings. The van der Waals surface area contributed by atoms with Crippen molar-refractivity contribution in [1.29, 1.82) is 0 Å². The van der Waals surface area contributed by atoms with Gasteiger partial charge in [-0.25, -0.2) is 0 Å². The number of pyridine rings is 1. The van der Waals surface area contributed by atoms with Crippen molar-refractivity contribution in [1.82, 2.24) is 0 Å². The van der Waals surface area contributed by atoms with Gasteiger partial charge in [0.25, 0.3) is 0 Å². The molecule has 0 aliphatic heterocycles. The van der Waals surface area contributed by atoms with Crippen LogP contribution in [0.3, 0.4) is 0 Å². The van der Waals surface area contributed by atoms with Crippen molar-refractivity contribution in [3.63, 3.8) is 0 Å². The van der Waals surface area contributed by atoms with Gasteiger partial charge in [-0.3, -0.25) is 0 Å². The summed E-state index contributed by atoms with van der Waals surface area (Å²) in [5, 5.41) is 11.2. The molecule has 3 nitrogen and oxygen atoms in total. The molecule has 2 aromatic rings. The molecule has 0 aliphatic rings. The summed E-state index contributed by atoms with van der Waals surface area (Å²) in [4.78, 5) is 0. The van der Waals surface area contributed by atoms with Gasteiger partial charge in [0, 0.05) is 12.1 Å². The van der Waals surface area contributed by atoms with Gasteiger partial charge in [-0.2, -0.15) is 4.73 Å². The monoisotopic (exact) mass is 161 g/mol. The molecule has 0 N–H and O–H groups in total. The molecule has 2 heterocycles. The van der Waals surface area contributed by atoms with Crippen LogP contribution in [0, 0.1) is 5.21 Å². The Balaban J connectivity index is 2.55.